The van der Waals surface area contributed by atoms with Gasteiger partial charge in [0.15, 0.2) is 0 Å². The molecule has 1 N–H and O–H groups in total. The van der Waals surface area contributed by atoms with Gasteiger partial charge in [0, 0.05) is 0 Å². The highest BCUT2D eigenvalue weighted by Gasteiger charge is 2.10. The molecule has 0 atom stereocenters. The zero-order chi connectivity index (χ0) is 18.2. The second-order valence-electron chi connectivity index (χ2n) is 5.41. The van der Waals surface area contributed by atoms with E-state index in [1.807, 2.05) is 18.2 Å². The molecule has 0 fully saturated rings. The summed E-state index contributed by atoms with van der Waals surface area (Å²) < 4.78 is 5.21. The molecule has 0 saturated carbocycles. The molecule has 6 nitrogen and oxygen atoms in total. The number of hydrogen-bond acceptors (Lipinski definition) is 6. The fourth-order valence-corrected chi connectivity index (χ4v) is 2.04. The van der Waals surface area contributed by atoms with Crippen molar-refractivity contribution in [3.05, 3.63) is 54.1 Å². The van der Waals surface area contributed by atoms with Crippen LogP contribution in [-0.2, 0) is 4.74 Å². The SMILES string of the molecule is CC(C)OC(=O)c1cccc(-c2ccc(NN=C(C#N)C#N)cc2)c1. The zero-order valence-electron chi connectivity index (χ0n) is 13.9. The smallest absolute Gasteiger partial charge is 0.338 e. The molecule has 0 bridgehead atoms. The Hall–Kier alpha value is -3.64. The lowest BCUT2D eigenvalue weighted by Crippen LogP contribution is -2.11. The van der Waals surface area contributed by atoms with Gasteiger partial charge in [-0.15, -0.1) is 0 Å². The van der Waals surface area contributed by atoms with Crippen LogP contribution in [0.1, 0.15) is 24.2 Å². The minimum absolute atomic E-state index is 0.172. The molecule has 6 heteroatoms. The standard InChI is InChI=1S/C19H16N4O2/c1-13(2)25-19(24)16-5-3-4-15(10-16)14-6-8-17(9-7-14)22-23-18(11-20)12-21/h3-10,13,22H,1-2H3. The highest BCUT2D eigenvalue weighted by atomic mass is 16.5. The number of anilines is 1. The average molecular weight is 332 g/mol. The number of nitrogens with one attached hydrogen (secondary N) is 1. The van der Waals surface area contributed by atoms with E-state index in [1.54, 1.807) is 56.3 Å². The topological polar surface area (TPSA) is 98.3 Å². The summed E-state index contributed by atoms with van der Waals surface area (Å²) in [7, 11) is 0. The molecule has 0 aliphatic rings. The number of ether oxygens (including phenoxy) is 1. The van der Waals surface area contributed by atoms with Crippen molar-refractivity contribution in [1.82, 2.24) is 0 Å². The molecule has 0 amide bonds. The predicted molar refractivity (Wildman–Crippen MR) is 94.7 cm³/mol. The van der Waals surface area contributed by atoms with Crippen LogP contribution in [0.3, 0.4) is 0 Å². The Balaban J connectivity index is 2.18. The monoisotopic (exact) mass is 332 g/mol. The summed E-state index contributed by atoms with van der Waals surface area (Å²) in [5.74, 6) is -0.356. The molecule has 0 aliphatic carbocycles. The number of esters is 1. The summed E-state index contributed by atoms with van der Waals surface area (Å²) in [6, 6.07) is 17.8. The summed E-state index contributed by atoms with van der Waals surface area (Å²) in [5, 5.41) is 21.0. The van der Waals surface area contributed by atoms with Gasteiger partial charge in [0.05, 0.1) is 17.4 Å². The maximum atomic E-state index is 12.0. The zero-order valence-corrected chi connectivity index (χ0v) is 13.9. The Bertz CT molecular complexity index is 856. The molecule has 2 aromatic carbocycles. The number of nitrogens with zero attached hydrogens (tertiary/aromatic N) is 3. The van der Waals surface area contributed by atoms with Crippen molar-refractivity contribution in [1.29, 1.82) is 10.5 Å². The number of rotatable bonds is 5. The van der Waals surface area contributed by atoms with E-state index in [9.17, 15) is 4.79 Å². The third-order valence-electron chi connectivity index (χ3n) is 3.17. The van der Waals surface area contributed by atoms with E-state index in [0.29, 0.717) is 11.3 Å². The summed E-state index contributed by atoms with van der Waals surface area (Å²) in [4.78, 5) is 12.0. The maximum absolute atomic E-state index is 12.0. The molecule has 0 saturated heterocycles. The largest absolute Gasteiger partial charge is 0.459 e. The van der Waals surface area contributed by atoms with E-state index in [2.05, 4.69) is 10.5 Å². The van der Waals surface area contributed by atoms with Crippen molar-refractivity contribution in [2.45, 2.75) is 20.0 Å². The lowest BCUT2D eigenvalue weighted by atomic mass is 10.0. The number of carbonyl (C=O) groups excluding carboxylic acids is 1. The highest BCUT2D eigenvalue weighted by Crippen LogP contribution is 2.23. The molecule has 0 aliphatic heterocycles. The predicted octanol–water partition coefficient (Wildman–Crippen LogP) is 3.73. The molecule has 0 spiro atoms. The normalized spacial score (nSPS) is 9.64. The minimum Gasteiger partial charge on any atom is -0.459 e. The van der Waals surface area contributed by atoms with Crippen LogP contribution < -0.4 is 5.43 Å². The molecule has 124 valence electrons. The van der Waals surface area contributed by atoms with Crippen LogP contribution in [0.4, 0.5) is 5.69 Å². The van der Waals surface area contributed by atoms with Crippen LogP contribution in [0.2, 0.25) is 0 Å². The van der Waals surface area contributed by atoms with Gasteiger partial charge in [-0.1, -0.05) is 24.3 Å². The molecule has 25 heavy (non-hydrogen) atoms. The van der Waals surface area contributed by atoms with E-state index in [4.69, 9.17) is 15.3 Å². The first-order valence-corrected chi connectivity index (χ1v) is 7.59. The Morgan fingerprint density at radius 1 is 1.08 bits per heavy atom. The molecular formula is C19H16N4O2. The van der Waals surface area contributed by atoms with E-state index < -0.39 is 0 Å². The molecule has 0 aromatic heterocycles. The first kappa shape index (κ1) is 17.7. The molecule has 2 aromatic rings. The summed E-state index contributed by atoms with van der Waals surface area (Å²) >= 11 is 0. The van der Waals surface area contributed by atoms with Crippen LogP contribution in [0.25, 0.3) is 11.1 Å². The number of hydrazone groups is 1. The average Bonchev–Trinajstić information content (AvgIpc) is 2.62. The van der Waals surface area contributed by atoms with E-state index in [1.165, 1.54) is 0 Å². The molecular weight excluding hydrogens is 316 g/mol. The molecule has 2 rings (SSSR count). The van der Waals surface area contributed by atoms with Gasteiger partial charge in [0.1, 0.15) is 12.1 Å². The van der Waals surface area contributed by atoms with Gasteiger partial charge in [-0.25, -0.2) is 4.79 Å². The number of carbonyl (C=O) groups is 1. The molecule has 0 radical (unpaired) electrons. The van der Waals surface area contributed by atoms with Crippen molar-refractivity contribution in [3.8, 4) is 23.3 Å². The van der Waals surface area contributed by atoms with Crippen LogP contribution >= 0.6 is 0 Å². The van der Waals surface area contributed by atoms with Gasteiger partial charge in [-0.05, 0) is 49.2 Å². The second-order valence-corrected chi connectivity index (χ2v) is 5.41. The van der Waals surface area contributed by atoms with Gasteiger partial charge in [0.25, 0.3) is 0 Å². The fraction of sp³-hybridized carbons (Fsp3) is 0.158. The van der Waals surface area contributed by atoms with Crippen molar-refractivity contribution in [2.24, 2.45) is 5.10 Å². The van der Waals surface area contributed by atoms with Gasteiger partial charge in [-0.2, -0.15) is 15.6 Å². The minimum atomic E-state index is -0.356. The molecule has 0 unspecified atom stereocenters. The van der Waals surface area contributed by atoms with Gasteiger partial charge >= 0.3 is 5.97 Å². The quantitative estimate of drug-likeness (QED) is 0.511. The first-order chi connectivity index (χ1) is 12.0. The Kier molecular flexibility index (Phi) is 5.86. The van der Waals surface area contributed by atoms with Crippen molar-refractivity contribution >= 4 is 17.4 Å². The third-order valence-corrected chi connectivity index (χ3v) is 3.17. The van der Waals surface area contributed by atoms with Crippen molar-refractivity contribution in [2.75, 3.05) is 5.43 Å². The van der Waals surface area contributed by atoms with E-state index in [-0.39, 0.29) is 17.8 Å². The Morgan fingerprint density at radius 3 is 2.36 bits per heavy atom. The van der Waals surface area contributed by atoms with E-state index in [0.717, 1.165) is 11.1 Å². The van der Waals surface area contributed by atoms with Gasteiger partial charge in [0.2, 0.25) is 5.71 Å². The molecule has 0 heterocycles. The second kappa shape index (κ2) is 8.28. The Morgan fingerprint density at radius 2 is 1.76 bits per heavy atom. The van der Waals surface area contributed by atoms with Gasteiger partial charge in [-0.3, -0.25) is 5.43 Å². The summed E-state index contributed by atoms with van der Waals surface area (Å²) in [6.07, 6.45) is -0.172. The number of benzene rings is 2. The van der Waals surface area contributed by atoms with Crippen LogP contribution in [-0.4, -0.2) is 17.8 Å². The first-order valence-electron chi connectivity index (χ1n) is 7.59. The summed E-state index contributed by atoms with van der Waals surface area (Å²) in [6.45, 7) is 3.61. The third kappa shape index (κ3) is 4.92. The van der Waals surface area contributed by atoms with E-state index >= 15 is 0 Å². The summed E-state index contributed by atoms with van der Waals surface area (Å²) in [5.41, 5.74) is 5.32. The lowest BCUT2D eigenvalue weighted by Gasteiger charge is -2.09. The maximum Gasteiger partial charge on any atom is 0.338 e. The number of hydrogen-bond donors (Lipinski definition) is 1. The van der Waals surface area contributed by atoms with Crippen LogP contribution in [0.15, 0.2) is 53.6 Å². The van der Waals surface area contributed by atoms with Gasteiger partial charge < -0.3 is 4.74 Å². The lowest BCUT2D eigenvalue weighted by molar-refractivity contribution is 0.0378. The van der Waals surface area contributed by atoms with Crippen molar-refractivity contribution < 1.29 is 9.53 Å². The van der Waals surface area contributed by atoms with Crippen LogP contribution in [0.5, 0.6) is 0 Å². The highest BCUT2D eigenvalue weighted by molar-refractivity contribution is 6.10. The number of nitriles is 2. The van der Waals surface area contributed by atoms with Crippen LogP contribution in [0, 0.1) is 22.7 Å². The fourth-order valence-electron chi connectivity index (χ4n) is 2.04. The Labute approximate surface area is 146 Å². The van der Waals surface area contributed by atoms with Crippen molar-refractivity contribution in [3.63, 3.8) is 0 Å².